The summed E-state index contributed by atoms with van der Waals surface area (Å²) in [5.74, 6) is 0. The average Bonchev–Trinajstić information content (AvgIpc) is 2.90. The van der Waals surface area contributed by atoms with Crippen molar-refractivity contribution in [2.75, 3.05) is 19.6 Å². The van der Waals surface area contributed by atoms with Gasteiger partial charge in [-0.25, -0.2) is 0 Å². The minimum Gasteiger partial charge on any atom is -0.300 e. The Labute approximate surface area is 117 Å². The molecule has 0 bridgehead atoms. The van der Waals surface area contributed by atoms with Crippen molar-refractivity contribution in [1.82, 2.24) is 4.90 Å². The fourth-order valence-electron chi connectivity index (χ4n) is 2.49. The van der Waals surface area contributed by atoms with E-state index in [1.165, 1.54) is 20.5 Å². The van der Waals surface area contributed by atoms with Crippen LogP contribution in [0.2, 0.25) is 0 Å². The highest BCUT2D eigenvalue weighted by Gasteiger charge is 2.13. The van der Waals surface area contributed by atoms with Crippen LogP contribution in [0.1, 0.15) is 23.8 Å². The first-order valence-electron chi connectivity index (χ1n) is 6.65. The van der Waals surface area contributed by atoms with Gasteiger partial charge in [-0.1, -0.05) is 13.0 Å². The molecule has 3 rings (SSSR count). The lowest BCUT2D eigenvalue weighted by atomic mass is 10.1. The molecule has 2 heterocycles. The van der Waals surface area contributed by atoms with Crippen LogP contribution in [0.25, 0.3) is 15.7 Å². The molecule has 0 saturated heterocycles. The molecular formula is C16H16N2S. The van der Waals surface area contributed by atoms with Gasteiger partial charge in [0.15, 0.2) is 0 Å². The number of thiophene rings is 1. The summed E-state index contributed by atoms with van der Waals surface area (Å²) < 4.78 is 1.27. The number of hydrogen-bond donors (Lipinski definition) is 0. The van der Waals surface area contributed by atoms with Crippen molar-refractivity contribution < 1.29 is 0 Å². The van der Waals surface area contributed by atoms with E-state index in [4.69, 9.17) is 5.26 Å². The molecule has 1 aromatic heterocycles. The van der Waals surface area contributed by atoms with Crippen molar-refractivity contribution in [2.24, 2.45) is 0 Å². The zero-order chi connectivity index (χ0) is 13.2. The molecule has 0 amide bonds. The highest BCUT2D eigenvalue weighted by atomic mass is 32.1. The van der Waals surface area contributed by atoms with E-state index >= 15 is 0 Å². The zero-order valence-electron chi connectivity index (χ0n) is 11.0. The van der Waals surface area contributed by atoms with Crippen LogP contribution in [0.5, 0.6) is 0 Å². The van der Waals surface area contributed by atoms with Crippen molar-refractivity contribution in [3.8, 4) is 6.07 Å². The van der Waals surface area contributed by atoms with Gasteiger partial charge in [0, 0.05) is 22.7 Å². The SMILES string of the molecule is CCN1CC=C(c2cc3cc(C#N)ccc3s2)CC1. The normalized spacial score (nSPS) is 16.3. The van der Waals surface area contributed by atoms with E-state index in [-0.39, 0.29) is 0 Å². The molecule has 1 aliphatic heterocycles. The zero-order valence-corrected chi connectivity index (χ0v) is 11.8. The van der Waals surface area contributed by atoms with E-state index in [2.05, 4.69) is 36.1 Å². The minimum absolute atomic E-state index is 0.742. The topological polar surface area (TPSA) is 27.0 Å². The highest BCUT2D eigenvalue weighted by molar-refractivity contribution is 7.20. The van der Waals surface area contributed by atoms with Gasteiger partial charge in [0.1, 0.15) is 0 Å². The molecular weight excluding hydrogens is 252 g/mol. The van der Waals surface area contributed by atoms with Gasteiger partial charge < -0.3 is 0 Å². The van der Waals surface area contributed by atoms with Gasteiger partial charge in [-0.15, -0.1) is 11.3 Å². The van der Waals surface area contributed by atoms with Gasteiger partial charge in [0.2, 0.25) is 0 Å². The number of rotatable bonds is 2. The number of fused-ring (bicyclic) bond motifs is 1. The maximum Gasteiger partial charge on any atom is 0.0991 e. The predicted octanol–water partition coefficient (Wildman–Crippen LogP) is 3.88. The van der Waals surface area contributed by atoms with E-state index in [0.717, 1.165) is 31.6 Å². The van der Waals surface area contributed by atoms with Crippen molar-refractivity contribution in [3.63, 3.8) is 0 Å². The first kappa shape index (κ1) is 12.4. The van der Waals surface area contributed by atoms with E-state index < -0.39 is 0 Å². The van der Waals surface area contributed by atoms with Crippen LogP contribution < -0.4 is 0 Å². The van der Waals surface area contributed by atoms with Gasteiger partial charge in [-0.05, 0) is 48.2 Å². The van der Waals surface area contributed by atoms with Crippen LogP contribution in [0.3, 0.4) is 0 Å². The fraction of sp³-hybridized carbons (Fsp3) is 0.312. The summed E-state index contributed by atoms with van der Waals surface area (Å²) in [7, 11) is 0. The lowest BCUT2D eigenvalue weighted by Crippen LogP contribution is -2.27. The summed E-state index contributed by atoms with van der Waals surface area (Å²) in [6.07, 6.45) is 3.48. The molecule has 2 aromatic rings. The van der Waals surface area contributed by atoms with Gasteiger partial charge in [-0.2, -0.15) is 5.26 Å². The molecule has 1 aromatic carbocycles. The lowest BCUT2D eigenvalue weighted by Gasteiger charge is -2.24. The third kappa shape index (κ3) is 2.42. The summed E-state index contributed by atoms with van der Waals surface area (Å²) in [5.41, 5.74) is 2.20. The summed E-state index contributed by atoms with van der Waals surface area (Å²) in [4.78, 5) is 3.81. The fourth-order valence-corrected chi connectivity index (χ4v) is 3.60. The van der Waals surface area contributed by atoms with Crippen LogP contribution in [-0.4, -0.2) is 24.5 Å². The molecule has 0 atom stereocenters. The maximum absolute atomic E-state index is 8.95. The van der Waals surface area contributed by atoms with E-state index in [1.54, 1.807) is 0 Å². The first-order chi connectivity index (χ1) is 9.30. The second-order valence-corrected chi connectivity index (χ2v) is 5.93. The molecule has 96 valence electrons. The van der Waals surface area contributed by atoms with E-state index in [1.807, 2.05) is 23.5 Å². The Balaban J connectivity index is 1.94. The number of hydrogen-bond acceptors (Lipinski definition) is 3. The highest BCUT2D eigenvalue weighted by Crippen LogP contribution is 2.33. The van der Waals surface area contributed by atoms with Gasteiger partial charge in [0.05, 0.1) is 11.6 Å². The van der Waals surface area contributed by atoms with Crippen LogP contribution >= 0.6 is 11.3 Å². The van der Waals surface area contributed by atoms with E-state index in [0.29, 0.717) is 0 Å². The van der Waals surface area contributed by atoms with Gasteiger partial charge in [-0.3, -0.25) is 4.90 Å². The Hall–Kier alpha value is -1.63. The van der Waals surface area contributed by atoms with Gasteiger partial charge in [0.25, 0.3) is 0 Å². The molecule has 0 radical (unpaired) electrons. The Morgan fingerprint density at radius 1 is 1.37 bits per heavy atom. The molecule has 3 heteroatoms. The average molecular weight is 268 g/mol. The number of nitrogens with zero attached hydrogens (tertiary/aromatic N) is 2. The number of benzene rings is 1. The third-order valence-corrected chi connectivity index (χ3v) is 4.89. The lowest BCUT2D eigenvalue weighted by molar-refractivity contribution is 0.319. The smallest absolute Gasteiger partial charge is 0.0991 e. The van der Waals surface area contributed by atoms with Crippen molar-refractivity contribution in [2.45, 2.75) is 13.3 Å². The van der Waals surface area contributed by atoms with E-state index in [9.17, 15) is 0 Å². The summed E-state index contributed by atoms with van der Waals surface area (Å²) in [6, 6.07) is 10.4. The molecule has 1 aliphatic rings. The molecule has 0 unspecified atom stereocenters. The second kappa shape index (κ2) is 5.16. The third-order valence-electron chi connectivity index (χ3n) is 3.70. The molecule has 0 spiro atoms. The molecule has 19 heavy (non-hydrogen) atoms. The maximum atomic E-state index is 8.95. The van der Waals surface area contributed by atoms with Crippen molar-refractivity contribution in [3.05, 3.63) is 40.8 Å². The Morgan fingerprint density at radius 2 is 2.26 bits per heavy atom. The predicted molar refractivity (Wildman–Crippen MR) is 81.2 cm³/mol. The second-order valence-electron chi connectivity index (χ2n) is 4.85. The molecule has 2 nitrogen and oxygen atoms in total. The van der Waals surface area contributed by atoms with Crippen molar-refractivity contribution in [1.29, 1.82) is 5.26 Å². The molecule has 0 N–H and O–H groups in total. The molecule has 0 saturated carbocycles. The minimum atomic E-state index is 0.742. The number of nitriles is 1. The van der Waals surface area contributed by atoms with Crippen LogP contribution in [-0.2, 0) is 0 Å². The Morgan fingerprint density at radius 3 is 2.95 bits per heavy atom. The van der Waals surface area contributed by atoms with Crippen LogP contribution in [0.4, 0.5) is 0 Å². The number of likely N-dealkylation sites (N-methyl/N-ethyl adjacent to an activating group) is 1. The summed E-state index contributed by atoms with van der Waals surface area (Å²) >= 11 is 1.84. The first-order valence-corrected chi connectivity index (χ1v) is 7.47. The Kier molecular flexibility index (Phi) is 3.37. The standard InChI is InChI=1S/C16H16N2S/c1-2-18-7-5-13(6-8-18)16-10-14-9-12(11-17)3-4-15(14)19-16/h3-5,9-10H,2,6-8H2,1H3. The molecule has 0 fully saturated rings. The quantitative estimate of drug-likeness (QED) is 0.826. The monoisotopic (exact) mass is 268 g/mol. The summed E-state index contributed by atoms with van der Waals surface area (Å²) in [5, 5.41) is 10.1. The molecule has 0 aliphatic carbocycles. The van der Waals surface area contributed by atoms with Crippen LogP contribution in [0.15, 0.2) is 30.3 Å². The largest absolute Gasteiger partial charge is 0.300 e. The Bertz CT molecular complexity index is 676. The van der Waals surface area contributed by atoms with Crippen molar-refractivity contribution >= 4 is 27.0 Å². The van der Waals surface area contributed by atoms with Gasteiger partial charge >= 0.3 is 0 Å². The summed E-state index contributed by atoms with van der Waals surface area (Å²) in [6.45, 7) is 5.55. The van der Waals surface area contributed by atoms with Crippen LogP contribution in [0, 0.1) is 11.3 Å².